The first kappa shape index (κ1) is 10.2. The molecule has 0 amide bonds. The third-order valence-electron chi connectivity index (χ3n) is 2.27. The van der Waals surface area contributed by atoms with E-state index in [2.05, 4.69) is 16.3 Å². The summed E-state index contributed by atoms with van der Waals surface area (Å²) in [7, 11) is 0. The molecule has 0 saturated carbocycles. The van der Waals surface area contributed by atoms with Crippen molar-refractivity contribution in [3.05, 3.63) is 40.9 Å². The van der Waals surface area contributed by atoms with Crippen LogP contribution < -0.4 is 0 Å². The first-order chi connectivity index (χ1) is 7.22. The van der Waals surface area contributed by atoms with E-state index in [0.29, 0.717) is 5.28 Å². The van der Waals surface area contributed by atoms with Crippen molar-refractivity contribution in [1.82, 2.24) is 14.8 Å². The predicted octanol–water partition coefficient (Wildman–Crippen LogP) is 2.79. The summed E-state index contributed by atoms with van der Waals surface area (Å²) in [4.78, 5) is 0. The highest BCUT2D eigenvalue weighted by Gasteiger charge is 2.09. The second kappa shape index (κ2) is 4.03. The lowest BCUT2D eigenvalue weighted by Crippen LogP contribution is -2.00. The van der Waals surface area contributed by atoms with Crippen LogP contribution in [0.4, 0.5) is 0 Å². The van der Waals surface area contributed by atoms with Gasteiger partial charge in [0.2, 0.25) is 5.28 Å². The van der Waals surface area contributed by atoms with Crippen LogP contribution in [0.5, 0.6) is 0 Å². The topological polar surface area (TPSA) is 30.7 Å². The molecule has 15 heavy (non-hydrogen) atoms. The maximum Gasteiger partial charge on any atom is 0.229 e. The van der Waals surface area contributed by atoms with Gasteiger partial charge in [-0.15, -0.1) is 10.2 Å². The Morgan fingerprint density at radius 2 is 2.13 bits per heavy atom. The lowest BCUT2D eigenvalue weighted by molar-refractivity contribution is 0.882. The second-order valence-electron chi connectivity index (χ2n) is 3.41. The molecule has 0 saturated heterocycles. The van der Waals surface area contributed by atoms with E-state index in [-0.39, 0.29) is 0 Å². The zero-order chi connectivity index (χ0) is 10.8. The minimum absolute atomic E-state index is 0.414. The van der Waals surface area contributed by atoms with Crippen molar-refractivity contribution in [1.29, 1.82) is 0 Å². The molecule has 0 bridgehead atoms. The highest BCUT2D eigenvalue weighted by Crippen LogP contribution is 2.18. The number of aryl methyl sites for hydroxylation is 2. The molecule has 0 unspecified atom stereocenters. The summed E-state index contributed by atoms with van der Waals surface area (Å²) < 4.78 is 1.87. The van der Waals surface area contributed by atoms with Gasteiger partial charge in [0.05, 0.1) is 5.69 Å². The molecule has 3 nitrogen and oxygen atoms in total. The number of benzene rings is 1. The van der Waals surface area contributed by atoms with Crippen LogP contribution in [-0.4, -0.2) is 14.8 Å². The molecular weight excluding hydrogens is 210 g/mol. The van der Waals surface area contributed by atoms with E-state index in [1.165, 1.54) is 5.56 Å². The quantitative estimate of drug-likeness (QED) is 0.781. The molecule has 1 aromatic heterocycles. The standard InChI is InChI=1S/C11H12ClN3/c1-3-10-13-14-11(12)15(10)9-6-4-5-8(2)7-9/h4-7H,3H2,1-2H3. The molecule has 78 valence electrons. The smallest absolute Gasteiger partial charge is 0.229 e. The molecule has 0 atom stereocenters. The summed E-state index contributed by atoms with van der Waals surface area (Å²) >= 11 is 6.00. The van der Waals surface area contributed by atoms with Crippen LogP contribution >= 0.6 is 11.6 Å². The Morgan fingerprint density at radius 3 is 2.80 bits per heavy atom. The highest BCUT2D eigenvalue weighted by molar-refractivity contribution is 6.28. The number of rotatable bonds is 2. The Hall–Kier alpha value is -1.35. The van der Waals surface area contributed by atoms with Crippen molar-refractivity contribution < 1.29 is 0 Å². The van der Waals surface area contributed by atoms with Gasteiger partial charge in [-0.05, 0) is 36.2 Å². The van der Waals surface area contributed by atoms with Crippen LogP contribution in [0.15, 0.2) is 24.3 Å². The molecule has 4 heteroatoms. The number of halogens is 1. The molecule has 0 spiro atoms. The fraction of sp³-hybridized carbons (Fsp3) is 0.273. The van der Waals surface area contributed by atoms with E-state index in [9.17, 15) is 0 Å². The average molecular weight is 222 g/mol. The Bertz CT molecular complexity index is 476. The maximum atomic E-state index is 6.00. The second-order valence-corrected chi connectivity index (χ2v) is 3.75. The first-order valence-electron chi connectivity index (χ1n) is 4.89. The van der Waals surface area contributed by atoms with Gasteiger partial charge in [0.1, 0.15) is 5.82 Å². The molecule has 0 aliphatic carbocycles. The van der Waals surface area contributed by atoms with Crippen LogP contribution in [-0.2, 0) is 6.42 Å². The Morgan fingerprint density at radius 1 is 1.33 bits per heavy atom. The van der Waals surface area contributed by atoms with Gasteiger partial charge >= 0.3 is 0 Å². The summed E-state index contributed by atoms with van der Waals surface area (Å²) in [6.07, 6.45) is 0.813. The first-order valence-corrected chi connectivity index (χ1v) is 5.27. The zero-order valence-corrected chi connectivity index (χ0v) is 9.49. The minimum atomic E-state index is 0.414. The van der Waals surface area contributed by atoms with Crippen molar-refractivity contribution in [2.45, 2.75) is 20.3 Å². The Balaban J connectivity index is 2.57. The van der Waals surface area contributed by atoms with E-state index in [4.69, 9.17) is 11.6 Å². The van der Waals surface area contributed by atoms with Crippen molar-refractivity contribution in [3.8, 4) is 5.69 Å². The SMILES string of the molecule is CCc1nnc(Cl)n1-c1cccc(C)c1. The molecule has 2 aromatic rings. The highest BCUT2D eigenvalue weighted by atomic mass is 35.5. The summed E-state index contributed by atoms with van der Waals surface area (Å²) in [5.41, 5.74) is 2.21. The summed E-state index contributed by atoms with van der Waals surface area (Å²) in [5.74, 6) is 0.880. The number of hydrogen-bond acceptors (Lipinski definition) is 2. The monoisotopic (exact) mass is 221 g/mol. The molecule has 0 radical (unpaired) electrons. The summed E-state index contributed by atoms with van der Waals surface area (Å²) in [5, 5.41) is 8.31. The van der Waals surface area contributed by atoms with Gasteiger partial charge in [-0.25, -0.2) is 0 Å². The van der Waals surface area contributed by atoms with E-state index in [1.54, 1.807) is 0 Å². The largest absolute Gasteiger partial charge is 0.270 e. The van der Waals surface area contributed by atoms with Gasteiger partial charge in [-0.3, -0.25) is 4.57 Å². The molecular formula is C11H12ClN3. The zero-order valence-electron chi connectivity index (χ0n) is 8.74. The van der Waals surface area contributed by atoms with E-state index < -0.39 is 0 Å². The van der Waals surface area contributed by atoms with Gasteiger partial charge in [0, 0.05) is 6.42 Å². The molecule has 0 fully saturated rings. The molecule has 0 aliphatic heterocycles. The fourth-order valence-corrected chi connectivity index (χ4v) is 1.78. The van der Waals surface area contributed by atoms with Crippen molar-refractivity contribution in [2.75, 3.05) is 0 Å². The normalized spacial score (nSPS) is 10.6. The average Bonchev–Trinajstić information content (AvgIpc) is 2.59. The maximum absolute atomic E-state index is 6.00. The van der Waals surface area contributed by atoms with Crippen molar-refractivity contribution >= 4 is 11.6 Å². The molecule has 1 aromatic carbocycles. The van der Waals surface area contributed by atoms with Crippen LogP contribution in [0.3, 0.4) is 0 Å². The van der Waals surface area contributed by atoms with Crippen LogP contribution in [0.1, 0.15) is 18.3 Å². The van der Waals surface area contributed by atoms with Crippen LogP contribution in [0.25, 0.3) is 5.69 Å². The summed E-state index contributed by atoms with van der Waals surface area (Å²) in [6, 6.07) is 8.11. The lowest BCUT2D eigenvalue weighted by atomic mass is 10.2. The van der Waals surface area contributed by atoms with E-state index in [1.807, 2.05) is 36.6 Å². The predicted molar refractivity (Wildman–Crippen MR) is 60.5 cm³/mol. The number of aromatic nitrogens is 3. The van der Waals surface area contributed by atoms with Crippen molar-refractivity contribution in [3.63, 3.8) is 0 Å². The molecule has 0 N–H and O–H groups in total. The minimum Gasteiger partial charge on any atom is -0.270 e. The van der Waals surface area contributed by atoms with Gasteiger partial charge in [-0.1, -0.05) is 19.1 Å². The Kier molecular flexibility index (Phi) is 2.73. The van der Waals surface area contributed by atoms with Crippen LogP contribution in [0, 0.1) is 6.92 Å². The third-order valence-corrected chi connectivity index (χ3v) is 2.51. The third kappa shape index (κ3) is 1.88. The van der Waals surface area contributed by atoms with Gasteiger partial charge in [0.25, 0.3) is 0 Å². The number of nitrogens with zero attached hydrogens (tertiary/aromatic N) is 3. The molecule has 2 rings (SSSR count). The molecule has 0 aliphatic rings. The van der Waals surface area contributed by atoms with Crippen LogP contribution in [0.2, 0.25) is 5.28 Å². The van der Waals surface area contributed by atoms with E-state index in [0.717, 1.165) is 17.9 Å². The van der Waals surface area contributed by atoms with Gasteiger partial charge in [-0.2, -0.15) is 0 Å². The van der Waals surface area contributed by atoms with E-state index >= 15 is 0 Å². The molecule has 1 heterocycles. The van der Waals surface area contributed by atoms with Gasteiger partial charge < -0.3 is 0 Å². The Labute approximate surface area is 93.7 Å². The fourth-order valence-electron chi connectivity index (χ4n) is 1.55. The number of hydrogen-bond donors (Lipinski definition) is 0. The van der Waals surface area contributed by atoms with Gasteiger partial charge in [0.15, 0.2) is 0 Å². The summed E-state index contributed by atoms with van der Waals surface area (Å²) in [6.45, 7) is 4.08. The lowest BCUT2D eigenvalue weighted by Gasteiger charge is -2.06. The van der Waals surface area contributed by atoms with Crippen molar-refractivity contribution in [2.24, 2.45) is 0 Å².